The summed E-state index contributed by atoms with van der Waals surface area (Å²) < 4.78 is 62.2. The van der Waals surface area contributed by atoms with Gasteiger partial charge in [0.05, 0.1) is 22.6 Å². The highest BCUT2D eigenvalue weighted by Gasteiger charge is 2.37. The predicted octanol–water partition coefficient (Wildman–Crippen LogP) is 5.86. The summed E-state index contributed by atoms with van der Waals surface area (Å²) in [5.74, 6) is -6.34. The van der Waals surface area contributed by atoms with E-state index in [1.54, 1.807) is 29.2 Å². The fourth-order valence-electron chi connectivity index (χ4n) is 4.75. The van der Waals surface area contributed by atoms with Crippen molar-refractivity contribution in [2.75, 3.05) is 11.9 Å². The Labute approximate surface area is 204 Å². The molecular weight excluding hydrogens is 478 g/mol. The van der Waals surface area contributed by atoms with Gasteiger partial charge in [-0.15, -0.1) is 0 Å². The topological polar surface area (TPSA) is 81.9 Å². The van der Waals surface area contributed by atoms with Crippen molar-refractivity contribution in [2.24, 2.45) is 0 Å². The molecule has 190 valence electrons. The van der Waals surface area contributed by atoms with E-state index in [1.165, 1.54) is 0 Å². The zero-order valence-corrected chi connectivity index (χ0v) is 19.4. The van der Waals surface area contributed by atoms with Crippen molar-refractivity contribution in [3.63, 3.8) is 0 Å². The fraction of sp³-hybridized carbons (Fsp3) is 0.440. The number of hydrogen-bond acceptors (Lipinski definition) is 5. The molecule has 0 radical (unpaired) electrons. The van der Waals surface area contributed by atoms with Gasteiger partial charge < -0.3 is 10.1 Å². The quantitative estimate of drug-likeness (QED) is 0.348. The number of hydrogen-bond donors (Lipinski definition) is 1. The SMILES string of the molecule is O=C(Nc1c(-c2ccn(C3CCCCO3)n2)ccnc1C1CCC(F)(F)CC1)c1cnc(F)c(F)c1. The van der Waals surface area contributed by atoms with Gasteiger partial charge in [-0.1, -0.05) is 0 Å². The van der Waals surface area contributed by atoms with Crippen LogP contribution in [-0.2, 0) is 4.74 Å². The van der Waals surface area contributed by atoms with Crippen molar-refractivity contribution in [2.45, 2.75) is 63.0 Å². The largest absolute Gasteiger partial charge is 0.357 e. The summed E-state index contributed by atoms with van der Waals surface area (Å²) in [6, 6.07) is 4.21. The van der Waals surface area contributed by atoms with E-state index < -0.39 is 23.6 Å². The van der Waals surface area contributed by atoms with E-state index >= 15 is 0 Å². The highest BCUT2D eigenvalue weighted by molar-refractivity contribution is 6.06. The third kappa shape index (κ3) is 5.11. The number of anilines is 1. The van der Waals surface area contributed by atoms with E-state index in [9.17, 15) is 22.4 Å². The van der Waals surface area contributed by atoms with Crippen LogP contribution in [0.4, 0.5) is 23.2 Å². The number of nitrogens with zero attached hydrogens (tertiary/aromatic N) is 4. The zero-order valence-electron chi connectivity index (χ0n) is 19.4. The second kappa shape index (κ2) is 9.96. The molecule has 1 unspecified atom stereocenters. The van der Waals surface area contributed by atoms with Gasteiger partial charge in [-0.2, -0.15) is 9.49 Å². The molecule has 2 fully saturated rings. The number of carbonyl (C=O) groups is 1. The monoisotopic (exact) mass is 503 g/mol. The second-order valence-electron chi connectivity index (χ2n) is 9.20. The van der Waals surface area contributed by atoms with Crippen LogP contribution in [0.15, 0.2) is 36.8 Å². The van der Waals surface area contributed by atoms with Gasteiger partial charge in [0.15, 0.2) is 5.82 Å². The summed E-state index contributed by atoms with van der Waals surface area (Å²) in [4.78, 5) is 20.7. The molecule has 36 heavy (non-hydrogen) atoms. The second-order valence-corrected chi connectivity index (χ2v) is 9.20. The van der Waals surface area contributed by atoms with E-state index in [1.807, 2.05) is 0 Å². The Bertz CT molecular complexity index is 1250. The maximum Gasteiger partial charge on any atom is 0.257 e. The normalized spacial score (nSPS) is 20.3. The van der Waals surface area contributed by atoms with E-state index in [2.05, 4.69) is 20.4 Å². The van der Waals surface area contributed by atoms with Crippen molar-refractivity contribution in [1.82, 2.24) is 19.7 Å². The third-order valence-corrected chi connectivity index (χ3v) is 6.72. The molecule has 11 heteroatoms. The molecule has 0 aromatic carbocycles. The average Bonchev–Trinajstić information content (AvgIpc) is 3.37. The lowest BCUT2D eigenvalue weighted by atomic mass is 9.83. The van der Waals surface area contributed by atoms with Gasteiger partial charge in [0.25, 0.3) is 5.91 Å². The first kappa shape index (κ1) is 24.4. The Morgan fingerprint density at radius 3 is 2.64 bits per heavy atom. The average molecular weight is 504 g/mol. The van der Waals surface area contributed by atoms with Crippen LogP contribution in [0.5, 0.6) is 0 Å². The van der Waals surface area contributed by atoms with Crippen LogP contribution in [0.25, 0.3) is 11.3 Å². The van der Waals surface area contributed by atoms with Crippen molar-refractivity contribution in [1.29, 1.82) is 0 Å². The number of amides is 1. The van der Waals surface area contributed by atoms with Gasteiger partial charge in [-0.05, 0) is 50.3 Å². The van der Waals surface area contributed by atoms with Crippen LogP contribution in [0.1, 0.15) is 73.1 Å². The van der Waals surface area contributed by atoms with Gasteiger partial charge in [-0.3, -0.25) is 9.78 Å². The van der Waals surface area contributed by atoms with E-state index in [0.29, 0.717) is 29.2 Å². The number of carbonyl (C=O) groups excluding carboxylic acids is 1. The van der Waals surface area contributed by atoms with Crippen LogP contribution >= 0.6 is 0 Å². The fourth-order valence-corrected chi connectivity index (χ4v) is 4.75. The number of nitrogens with one attached hydrogen (secondary N) is 1. The number of pyridine rings is 2. The van der Waals surface area contributed by atoms with E-state index in [0.717, 1.165) is 31.5 Å². The lowest BCUT2D eigenvalue weighted by Gasteiger charge is -2.29. The smallest absolute Gasteiger partial charge is 0.257 e. The number of rotatable bonds is 5. The third-order valence-electron chi connectivity index (χ3n) is 6.72. The number of halogens is 4. The molecule has 7 nitrogen and oxygen atoms in total. The van der Waals surface area contributed by atoms with Crippen LogP contribution in [0, 0.1) is 11.8 Å². The summed E-state index contributed by atoms with van der Waals surface area (Å²) in [6.07, 6.45) is 6.76. The minimum absolute atomic E-state index is 0.189. The number of ether oxygens (including phenoxy) is 1. The summed E-state index contributed by atoms with van der Waals surface area (Å²) in [6.45, 7) is 0.648. The maximum absolute atomic E-state index is 13.8. The lowest BCUT2D eigenvalue weighted by molar-refractivity contribution is -0.0393. The van der Waals surface area contributed by atoms with Crippen LogP contribution in [-0.4, -0.2) is 38.2 Å². The zero-order chi connectivity index (χ0) is 25.3. The van der Waals surface area contributed by atoms with Gasteiger partial charge in [0, 0.05) is 49.5 Å². The molecule has 1 saturated heterocycles. The van der Waals surface area contributed by atoms with Crippen molar-refractivity contribution in [3.8, 4) is 11.3 Å². The Kier molecular flexibility index (Phi) is 6.74. The molecule has 1 N–H and O–H groups in total. The Morgan fingerprint density at radius 1 is 1.11 bits per heavy atom. The summed E-state index contributed by atoms with van der Waals surface area (Å²) >= 11 is 0. The van der Waals surface area contributed by atoms with Crippen LogP contribution < -0.4 is 5.32 Å². The summed E-state index contributed by atoms with van der Waals surface area (Å²) in [5.41, 5.74) is 1.64. The minimum Gasteiger partial charge on any atom is -0.357 e. The van der Waals surface area contributed by atoms with Crippen LogP contribution in [0.3, 0.4) is 0 Å². The maximum atomic E-state index is 13.8. The van der Waals surface area contributed by atoms with Crippen LogP contribution in [0.2, 0.25) is 0 Å². The van der Waals surface area contributed by atoms with Gasteiger partial charge in [0.2, 0.25) is 11.9 Å². The van der Waals surface area contributed by atoms with Gasteiger partial charge >= 0.3 is 0 Å². The Hall–Kier alpha value is -3.34. The van der Waals surface area contributed by atoms with Crippen molar-refractivity contribution in [3.05, 3.63) is 59.8 Å². The molecule has 1 aliphatic carbocycles. The molecular formula is C25H25F4N5O2. The van der Waals surface area contributed by atoms with E-state index in [-0.39, 0.29) is 43.4 Å². The molecule has 1 aliphatic heterocycles. The first-order chi connectivity index (χ1) is 17.3. The summed E-state index contributed by atoms with van der Waals surface area (Å²) in [5, 5.41) is 7.40. The molecule has 0 spiro atoms. The molecule has 5 rings (SSSR count). The molecule has 1 atom stereocenters. The Balaban J connectivity index is 1.51. The first-order valence-corrected chi connectivity index (χ1v) is 12.0. The molecule has 2 aliphatic rings. The van der Waals surface area contributed by atoms with Gasteiger partial charge in [0.1, 0.15) is 6.23 Å². The molecule has 1 saturated carbocycles. The molecule has 3 aromatic heterocycles. The van der Waals surface area contributed by atoms with Crippen molar-refractivity contribution >= 4 is 11.6 Å². The highest BCUT2D eigenvalue weighted by atomic mass is 19.3. The lowest BCUT2D eigenvalue weighted by Crippen LogP contribution is -2.25. The minimum atomic E-state index is -2.73. The molecule has 3 aromatic rings. The number of alkyl halides is 2. The standard InChI is InChI=1S/C25H25F4N5O2/c26-18-13-16(14-31-23(18)27)24(35)32-22-17(19-7-11-34(33-19)20-3-1-2-12-36-20)6-10-30-21(22)15-4-8-25(28,29)9-5-15/h6-7,10-11,13-15,20H,1-5,8-9,12H2,(H,32,35). The summed E-state index contributed by atoms with van der Waals surface area (Å²) in [7, 11) is 0. The molecule has 4 heterocycles. The molecule has 1 amide bonds. The first-order valence-electron chi connectivity index (χ1n) is 12.0. The predicted molar refractivity (Wildman–Crippen MR) is 123 cm³/mol. The highest BCUT2D eigenvalue weighted by Crippen LogP contribution is 2.44. The number of aromatic nitrogens is 4. The van der Waals surface area contributed by atoms with Gasteiger partial charge in [-0.25, -0.2) is 22.8 Å². The van der Waals surface area contributed by atoms with E-state index in [4.69, 9.17) is 4.74 Å². The molecule has 0 bridgehead atoms. The van der Waals surface area contributed by atoms with Crippen molar-refractivity contribution < 1.29 is 27.1 Å². The Morgan fingerprint density at radius 2 is 1.92 bits per heavy atom.